The number of aliphatic hydroxyl groups is 1. The van der Waals surface area contributed by atoms with Gasteiger partial charge in [-0.3, -0.25) is 4.79 Å². The molecule has 0 aliphatic carbocycles. The maximum Gasteiger partial charge on any atom is 0.173 e. The highest BCUT2D eigenvalue weighted by Crippen LogP contribution is 2.40. The minimum atomic E-state index is -0.607. The molecule has 2 nitrogen and oxygen atoms in total. The number of Topliss-reactive ketones (excluding diaryl/α,β-unsaturated/α-hetero) is 1. The van der Waals surface area contributed by atoms with Crippen molar-refractivity contribution >= 4 is 17.5 Å². The van der Waals surface area contributed by atoms with Crippen LogP contribution >= 0.6 is 11.8 Å². The van der Waals surface area contributed by atoms with E-state index < -0.39 is 5.41 Å². The highest BCUT2D eigenvalue weighted by Gasteiger charge is 2.39. The first-order valence-electron chi connectivity index (χ1n) is 4.96. The largest absolute Gasteiger partial charge is 0.395 e. The maximum atomic E-state index is 12.2. The van der Waals surface area contributed by atoms with Gasteiger partial charge in [0, 0.05) is 16.2 Å². The first-order chi connectivity index (χ1) is 7.08. The lowest BCUT2D eigenvalue weighted by Gasteiger charge is -2.31. The van der Waals surface area contributed by atoms with E-state index in [0.717, 1.165) is 16.0 Å². The Morgan fingerprint density at radius 1 is 1.53 bits per heavy atom. The smallest absolute Gasteiger partial charge is 0.173 e. The normalized spacial score (nSPS) is 25.1. The summed E-state index contributed by atoms with van der Waals surface area (Å²) in [5, 5.41) is 9.30. The van der Waals surface area contributed by atoms with Crippen LogP contribution in [-0.4, -0.2) is 23.2 Å². The number of thioether (sulfide) groups is 1. The van der Waals surface area contributed by atoms with Crippen molar-refractivity contribution in [2.24, 2.45) is 5.41 Å². The molecule has 1 aromatic carbocycles. The van der Waals surface area contributed by atoms with Crippen LogP contribution in [0.25, 0.3) is 0 Å². The van der Waals surface area contributed by atoms with E-state index in [1.807, 2.05) is 32.0 Å². The molecular formula is C12H14O2S. The second-order valence-electron chi connectivity index (χ2n) is 4.28. The van der Waals surface area contributed by atoms with Crippen LogP contribution < -0.4 is 0 Å². The van der Waals surface area contributed by atoms with Crippen LogP contribution in [0.5, 0.6) is 0 Å². The predicted molar refractivity (Wildman–Crippen MR) is 61.4 cm³/mol. The molecule has 1 unspecified atom stereocenters. The van der Waals surface area contributed by atoms with E-state index in [2.05, 4.69) is 0 Å². The topological polar surface area (TPSA) is 37.3 Å². The molecule has 80 valence electrons. The second-order valence-corrected chi connectivity index (χ2v) is 5.30. The third-order valence-electron chi connectivity index (χ3n) is 2.91. The van der Waals surface area contributed by atoms with E-state index in [0.29, 0.717) is 5.75 Å². The molecule has 0 bridgehead atoms. The Labute approximate surface area is 93.7 Å². The highest BCUT2D eigenvalue weighted by molar-refractivity contribution is 7.99. The Morgan fingerprint density at radius 3 is 2.93 bits per heavy atom. The number of aryl methyl sites for hydroxylation is 1. The Kier molecular flexibility index (Phi) is 2.61. The number of hydrogen-bond donors (Lipinski definition) is 1. The average Bonchev–Trinajstić information content (AvgIpc) is 2.24. The molecule has 1 aliphatic heterocycles. The molecule has 0 fully saturated rings. The molecule has 0 aromatic heterocycles. The number of rotatable bonds is 1. The van der Waals surface area contributed by atoms with Crippen LogP contribution in [0, 0.1) is 12.3 Å². The van der Waals surface area contributed by atoms with Gasteiger partial charge in [0.05, 0.1) is 12.0 Å². The third-order valence-corrected chi connectivity index (χ3v) is 4.34. The Morgan fingerprint density at radius 2 is 2.27 bits per heavy atom. The summed E-state index contributed by atoms with van der Waals surface area (Å²) in [5.41, 5.74) is 1.19. The molecule has 0 spiro atoms. The Balaban J connectivity index is 2.55. The fourth-order valence-electron chi connectivity index (χ4n) is 1.77. The molecular weight excluding hydrogens is 208 g/mol. The summed E-state index contributed by atoms with van der Waals surface area (Å²) in [6.45, 7) is 3.70. The quantitative estimate of drug-likeness (QED) is 0.792. The minimum Gasteiger partial charge on any atom is -0.395 e. The Hall–Kier alpha value is -0.800. The number of carbonyl (C=O) groups is 1. The van der Waals surface area contributed by atoms with Crippen LogP contribution in [0.1, 0.15) is 22.8 Å². The standard InChI is InChI=1S/C12H14O2S/c1-8-4-3-5-9-10(8)11(14)12(2,6-13)7-15-9/h3-5,13H,6-7H2,1-2H3. The zero-order chi connectivity index (χ0) is 11.1. The lowest BCUT2D eigenvalue weighted by molar-refractivity contribution is 0.0726. The molecule has 1 atom stereocenters. The van der Waals surface area contributed by atoms with E-state index in [1.54, 1.807) is 11.8 Å². The lowest BCUT2D eigenvalue weighted by Crippen LogP contribution is -2.37. The van der Waals surface area contributed by atoms with Gasteiger partial charge in [-0.05, 0) is 25.5 Å². The first kappa shape index (κ1) is 10.7. The SMILES string of the molecule is Cc1cccc2c1C(=O)C(C)(CO)CS2. The molecule has 1 N–H and O–H groups in total. The van der Waals surface area contributed by atoms with Gasteiger partial charge in [-0.1, -0.05) is 12.1 Å². The number of aliphatic hydroxyl groups excluding tert-OH is 1. The molecule has 0 radical (unpaired) electrons. The van der Waals surface area contributed by atoms with Crippen LogP contribution in [0.4, 0.5) is 0 Å². The number of benzene rings is 1. The Bertz CT molecular complexity index is 414. The molecule has 0 saturated heterocycles. The van der Waals surface area contributed by atoms with Crippen molar-refractivity contribution in [1.29, 1.82) is 0 Å². The number of carbonyl (C=O) groups excluding carboxylic acids is 1. The molecule has 2 rings (SSSR count). The molecule has 15 heavy (non-hydrogen) atoms. The number of fused-ring (bicyclic) bond motifs is 1. The zero-order valence-corrected chi connectivity index (χ0v) is 9.73. The summed E-state index contributed by atoms with van der Waals surface area (Å²) in [6, 6.07) is 5.89. The summed E-state index contributed by atoms with van der Waals surface area (Å²) in [4.78, 5) is 13.3. The van der Waals surface area contributed by atoms with Gasteiger partial charge in [0.2, 0.25) is 0 Å². The monoisotopic (exact) mass is 222 g/mol. The van der Waals surface area contributed by atoms with Crippen LogP contribution in [-0.2, 0) is 0 Å². The van der Waals surface area contributed by atoms with Gasteiger partial charge in [0.15, 0.2) is 5.78 Å². The summed E-state index contributed by atoms with van der Waals surface area (Å²) >= 11 is 1.66. The van der Waals surface area contributed by atoms with Gasteiger partial charge < -0.3 is 5.11 Å². The van der Waals surface area contributed by atoms with Crippen molar-refractivity contribution in [3.8, 4) is 0 Å². The van der Waals surface area contributed by atoms with E-state index >= 15 is 0 Å². The van der Waals surface area contributed by atoms with Gasteiger partial charge in [0.25, 0.3) is 0 Å². The number of hydrogen-bond acceptors (Lipinski definition) is 3. The molecule has 3 heteroatoms. The zero-order valence-electron chi connectivity index (χ0n) is 8.91. The van der Waals surface area contributed by atoms with Crippen molar-refractivity contribution in [2.45, 2.75) is 18.7 Å². The molecule has 1 aromatic rings. The van der Waals surface area contributed by atoms with Gasteiger partial charge in [-0.15, -0.1) is 11.8 Å². The first-order valence-corrected chi connectivity index (χ1v) is 5.95. The van der Waals surface area contributed by atoms with E-state index in [-0.39, 0.29) is 12.4 Å². The van der Waals surface area contributed by atoms with Gasteiger partial charge in [0.1, 0.15) is 0 Å². The van der Waals surface area contributed by atoms with E-state index in [1.165, 1.54) is 0 Å². The number of ketones is 1. The maximum absolute atomic E-state index is 12.2. The summed E-state index contributed by atoms with van der Waals surface area (Å²) in [5.74, 6) is 0.746. The summed E-state index contributed by atoms with van der Waals surface area (Å²) in [6.07, 6.45) is 0. The fourth-order valence-corrected chi connectivity index (χ4v) is 3.04. The van der Waals surface area contributed by atoms with Gasteiger partial charge >= 0.3 is 0 Å². The van der Waals surface area contributed by atoms with Crippen LogP contribution in [0.15, 0.2) is 23.1 Å². The van der Waals surface area contributed by atoms with Crippen molar-refractivity contribution < 1.29 is 9.90 Å². The fraction of sp³-hybridized carbons (Fsp3) is 0.417. The van der Waals surface area contributed by atoms with Gasteiger partial charge in [-0.25, -0.2) is 0 Å². The predicted octanol–water partition coefficient (Wildman–Crippen LogP) is 2.28. The lowest BCUT2D eigenvalue weighted by atomic mass is 9.83. The van der Waals surface area contributed by atoms with Crippen LogP contribution in [0.3, 0.4) is 0 Å². The third kappa shape index (κ3) is 1.60. The van der Waals surface area contributed by atoms with Crippen molar-refractivity contribution in [1.82, 2.24) is 0 Å². The summed E-state index contributed by atoms with van der Waals surface area (Å²) in [7, 11) is 0. The minimum absolute atomic E-state index is 0.0768. The van der Waals surface area contributed by atoms with Crippen molar-refractivity contribution in [3.05, 3.63) is 29.3 Å². The van der Waals surface area contributed by atoms with E-state index in [9.17, 15) is 9.90 Å². The second kappa shape index (κ2) is 3.65. The molecule has 0 amide bonds. The van der Waals surface area contributed by atoms with Crippen LogP contribution in [0.2, 0.25) is 0 Å². The van der Waals surface area contributed by atoms with E-state index in [4.69, 9.17) is 0 Å². The summed E-state index contributed by atoms with van der Waals surface area (Å²) < 4.78 is 0. The molecule has 0 saturated carbocycles. The van der Waals surface area contributed by atoms with Gasteiger partial charge in [-0.2, -0.15) is 0 Å². The van der Waals surface area contributed by atoms with Crippen molar-refractivity contribution in [2.75, 3.05) is 12.4 Å². The molecule has 1 heterocycles. The average molecular weight is 222 g/mol. The molecule has 1 aliphatic rings. The highest BCUT2D eigenvalue weighted by atomic mass is 32.2. The van der Waals surface area contributed by atoms with Crippen molar-refractivity contribution in [3.63, 3.8) is 0 Å².